The monoisotopic (exact) mass is 399 g/mol. The summed E-state index contributed by atoms with van der Waals surface area (Å²) in [6.45, 7) is 9.82. The number of hydrogen-bond donors (Lipinski definition) is 0. The van der Waals surface area contributed by atoms with Crippen LogP contribution in [0.4, 0.5) is 0 Å². The van der Waals surface area contributed by atoms with Crippen LogP contribution in [0.5, 0.6) is 0 Å². The van der Waals surface area contributed by atoms with Crippen molar-refractivity contribution in [3.8, 4) is 11.1 Å². The molecule has 5 nitrogen and oxygen atoms in total. The average molecular weight is 399 g/mol. The number of aryl methyl sites for hydroxylation is 3. The predicted octanol–water partition coefficient (Wildman–Crippen LogP) is 5.30. The predicted molar refractivity (Wildman–Crippen MR) is 117 cm³/mol. The third kappa shape index (κ3) is 3.63. The molecule has 0 radical (unpaired) electrons. The van der Waals surface area contributed by atoms with E-state index in [2.05, 4.69) is 34.2 Å². The molecule has 30 heavy (non-hydrogen) atoms. The summed E-state index contributed by atoms with van der Waals surface area (Å²) in [4.78, 5) is 21.8. The third-order valence-corrected chi connectivity index (χ3v) is 5.79. The van der Waals surface area contributed by atoms with Crippen molar-refractivity contribution in [2.75, 3.05) is 0 Å². The molecule has 0 unspecified atom stereocenters. The summed E-state index contributed by atoms with van der Waals surface area (Å²) in [5.74, 6) is 0.920. The quantitative estimate of drug-likeness (QED) is 0.455. The number of rotatable bonds is 5. The van der Waals surface area contributed by atoms with E-state index in [-0.39, 0.29) is 5.78 Å². The first-order valence-electron chi connectivity index (χ1n) is 10.0. The number of carbonyl (C=O) groups excluding carboxylic acids is 1. The minimum atomic E-state index is -0.606. The number of fused-ring (bicyclic) bond motifs is 1. The van der Waals surface area contributed by atoms with E-state index in [0.717, 1.165) is 50.3 Å². The van der Waals surface area contributed by atoms with Crippen LogP contribution >= 0.6 is 0 Å². The summed E-state index contributed by atoms with van der Waals surface area (Å²) in [6.07, 6.45) is 4.02. The molecule has 152 valence electrons. The minimum absolute atomic E-state index is 0.172. The largest absolute Gasteiger partial charge is 0.356 e. The van der Waals surface area contributed by atoms with E-state index < -0.39 is 5.41 Å². The second kappa shape index (κ2) is 7.48. The molecule has 5 heteroatoms. The Kier molecular flexibility index (Phi) is 4.98. The molecule has 2 aromatic heterocycles. The molecule has 4 aromatic rings. The van der Waals surface area contributed by atoms with Crippen molar-refractivity contribution in [3.05, 3.63) is 77.0 Å². The number of nitrogens with zero attached hydrogens (tertiary/aromatic N) is 3. The molecule has 2 aromatic carbocycles. The van der Waals surface area contributed by atoms with Gasteiger partial charge in [-0.1, -0.05) is 29.4 Å². The van der Waals surface area contributed by atoms with Crippen LogP contribution < -0.4 is 0 Å². The fourth-order valence-electron chi connectivity index (χ4n) is 3.86. The summed E-state index contributed by atoms with van der Waals surface area (Å²) >= 11 is 0. The first-order valence-corrected chi connectivity index (χ1v) is 10.0. The van der Waals surface area contributed by atoms with Crippen LogP contribution in [0, 0.1) is 20.8 Å². The van der Waals surface area contributed by atoms with Crippen LogP contribution in [0.15, 0.2) is 53.3 Å². The SMILES string of the molecule is Cc1ncc(-c2ccc(C(C)(C)C(=O)Cc3ccc4onc(C)c4c3)c(C)c2)cn1. The number of aromatic nitrogens is 3. The molecular formula is C25H25N3O2. The number of hydrogen-bond acceptors (Lipinski definition) is 5. The van der Waals surface area contributed by atoms with E-state index in [1.54, 1.807) is 0 Å². The molecule has 0 aliphatic carbocycles. The van der Waals surface area contributed by atoms with Gasteiger partial charge in [-0.25, -0.2) is 9.97 Å². The van der Waals surface area contributed by atoms with Gasteiger partial charge in [0.05, 0.1) is 5.69 Å². The lowest BCUT2D eigenvalue weighted by Crippen LogP contribution is -2.31. The maximum absolute atomic E-state index is 13.3. The first kappa shape index (κ1) is 20.0. The first-order chi connectivity index (χ1) is 14.3. The van der Waals surface area contributed by atoms with Crippen LogP contribution in [-0.2, 0) is 16.6 Å². The molecule has 0 spiro atoms. The molecule has 0 bridgehead atoms. The lowest BCUT2D eigenvalue weighted by Gasteiger charge is -2.26. The lowest BCUT2D eigenvalue weighted by molar-refractivity contribution is -0.122. The Balaban J connectivity index is 1.60. The summed E-state index contributed by atoms with van der Waals surface area (Å²) in [7, 11) is 0. The zero-order valence-electron chi connectivity index (χ0n) is 18.0. The van der Waals surface area contributed by atoms with E-state index in [1.165, 1.54) is 0 Å². The number of carbonyl (C=O) groups is 1. The Morgan fingerprint density at radius 2 is 1.70 bits per heavy atom. The smallest absolute Gasteiger partial charge is 0.167 e. The molecule has 0 fully saturated rings. The molecule has 2 heterocycles. The van der Waals surface area contributed by atoms with E-state index >= 15 is 0 Å². The molecular weight excluding hydrogens is 374 g/mol. The molecule has 0 amide bonds. The average Bonchev–Trinajstić information content (AvgIpc) is 3.08. The minimum Gasteiger partial charge on any atom is -0.356 e. The van der Waals surface area contributed by atoms with E-state index in [0.29, 0.717) is 6.42 Å². The maximum Gasteiger partial charge on any atom is 0.167 e. The summed E-state index contributed by atoms with van der Waals surface area (Å²) in [5.41, 5.74) is 6.08. The van der Waals surface area contributed by atoms with Gasteiger partial charge in [0, 0.05) is 35.2 Å². The molecule has 4 rings (SSSR count). The second-order valence-corrected chi connectivity index (χ2v) is 8.37. The van der Waals surface area contributed by atoms with Crippen molar-refractivity contribution in [3.63, 3.8) is 0 Å². The zero-order valence-corrected chi connectivity index (χ0v) is 18.0. The van der Waals surface area contributed by atoms with E-state index in [9.17, 15) is 4.79 Å². The highest BCUT2D eigenvalue weighted by molar-refractivity contribution is 5.92. The van der Waals surface area contributed by atoms with Crippen molar-refractivity contribution >= 4 is 16.8 Å². The van der Waals surface area contributed by atoms with Gasteiger partial charge in [0.25, 0.3) is 0 Å². The fraction of sp³-hybridized carbons (Fsp3) is 0.280. The summed E-state index contributed by atoms with van der Waals surface area (Å²) in [6, 6.07) is 12.0. The van der Waals surface area contributed by atoms with Gasteiger partial charge in [-0.15, -0.1) is 0 Å². The number of benzene rings is 2. The molecule has 0 saturated heterocycles. The van der Waals surface area contributed by atoms with Crippen molar-refractivity contribution in [2.24, 2.45) is 0 Å². The standard InChI is InChI=1S/C25H25N3O2/c1-15-10-19(20-13-26-17(3)27-14-20)7-8-22(15)25(4,5)24(29)12-18-6-9-23-21(11-18)16(2)28-30-23/h6-11,13-14H,12H2,1-5H3. The van der Waals surface area contributed by atoms with E-state index in [1.807, 2.05) is 64.4 Å². The van der Waals surface area contributed by atoms with Gasteiger partial charge < -0.3 is 4.52 Å². The van der Waals surface area contributed by atoms with Gasteiger partial charge in [-0.2, -0.15) is 0 Å². The van der Waals surface area contributed by atoms with Gasteiger partial charge in [-0.05, 0) is 69.0 Å². The van der Waals surface area contributed by atoms with Crippen molar-refractivity contribution in [1.82, 2.24) is 15.1 Å². The Hall–Kier alpha value is -3.34. The van der Waals surface area contributed by atoms with Crippen LogP contribution in [0.2, 0.25) is 0 Å². The molecule has 0 N–H and O–H groups in total. The van der Waals surface area contributed by atoms with Crippen molar-refractivity contribution in [1.29, 1.82) is 0 Å². The highest BCUT2D eigenvalue weighted by Gasteiger charge is 2.31. The lowest BCUT2D eigenvalue weighted by atomic mass is 9.76. The number of ketones is 1. The van der Waals surface area contributed by atoms with Crippen LogP contribution in [0.1, 0.15) is 42.1 Å². The summed E-state index contributed by atoms with van der Waals surface area (Å²) < 4.78 is 5.27. The van der Waals surface area contributed by atoms with Crippen LogP contribution in [-0.4, -0.2) is 20.9 Å². The normalized spacial score (nSPS) is 11.8. The van der Waals surface area contributed by atoms with Crippen molar-refractivity contribution < 1.29 is 9.32 Å². The Bertz CT molecular complexity index is 1240. The molecule has 0 saturated carbocycles. The van der Waals surface area contributed by atoms with Gasteiger partial charge in [-0.3, -0.25) is 4.79 Å². The van der Waals surface area contributed by atoms with Crippen LogP contribution in [0.25, 0.3) is 22.1 Å². The van der Waals surface area contributed by atoms with Gasteiger partial charge in [0.1, 0.15) is 11.6 Å². The highest BCUT2D eigenvalue weighted by atomic mass is 16.5. The number of Topliss-reactive ketones (excluding diaryl/α,β-unsaturated/α-hetero) is 1. The molecule has 0 aliphatic heterocycles. The van der Waals surface area contributed by atoms with Gasteiger partial charge >= 0.3 is 0 Å². The molecule has 0 aliphatic rings. The third-order valence-electron chi connectivity index (χ3n) is 5.79. The van der Waals surface area contributed by atoms with E-state index in [4.69, 9.17) is 4.52 Å². The van der Waals surface area contributed by atoms with Crippen molar-refractivity contribution in [2.45, 2.75) is 46.5 Å². The Morgan fingerprint density at radius 3 is 2.40 bits per heavy atom. The topological polar surface area (TPSA) is 68.9 Å². The van der Waals surface area contributed by atoms with Gasteiger partial charge in [0.15, 0.2) is 5.58 Å². The summed E-state index contributed by atoms with van der Waals surface area (Å²) in [5, 5.41) is 4.95. The van der Waals surface area contributed by atoms with Crippen LogP contribution in [0.3, 0.4) is 0 Å². The zero-order chi connectivity index (χ0) is 21.5. The fourth-order valence-corrected chi connectivity index (χ4v) is 3.86. The molecule has 0 atom stereocenters. The Labute approximate surface area is 176 Å². The second-order valence-electron chi connectivity index (χ2n) is 8.37. The maximum atomic E-state index is 13.3. The highest BCUT2D eigenvalue weighted by Crippen LogP contribution is 2.32. The Morgan fingerprint density at radius 1 is 0.967 bits per heavy atom. The van der Waals surface area contributed by atoms with Gasteiger partial charge in [0.2, 0.25) is 0 Å².